The molecule has 0 unspecified atom stereocenters. The Morgan fingerprint density at radius 3 is 2.07 bits per heavy atom. The molecule has 0 saturated carbocycles. The first kappa shape index (κ1) is 18.2. The zero-order valence-electron chi connectivity index (χ0n) is 15.2. The Hall–Kier alpha value is -3.55. The van der Waals surface area contributed by atoms with Gasteiger partial charge in [-0.1, -0.05) is 0 Å². The van der Waals surface area contributed by atoms with Crippen molar-refractivity contribution in [3.63, 3.8) is 0 Å². The van der Waals surface area contributed by atoms with Crippen LogP contribution in [0.25, 0.3) is 22.3 Å². The highest BCUT2D eigenvalue weighted by atomic mass is 16.5. The van der Waals surface area contributed by atoms with Gasteiger partial charge >= 0.3 is 0 Å². The number of hydrogen-bond donors (Lipinski definition) is 2. The van der Waals surface area contributed by atoms with Gasteiger partial charge in [0.25, 0.3) is 0 Å². The maximum Gasteiger partial charge on any atom is 0.211 e. The molecular formula is C19H18O8. The fourth-order valence-corrected chi connectivity index (χ4v) is 2.82. The van der Waals surface area contributed by atoms with E-state index in [9.17, 15) is 15.0 Å². The highest BCUT2D eigenvalue weighted by molar-refractivity contribution is 5.95. The molecule has 1 aromatic heterocycles. The number of benzene rings is 2. The van der Waals surface area contributed by atoms with Crippen LogP contribution in [0.2, 0.25) is 0 Å². The topological polar surface area (TPSA) is 108 Å². The lowest BCUT2D eigenvalue weighted by Crippen LogP contribution is -2.03. The Morgan fingerprint density at radius 2 is 1.48 bits per heavy atom. The molecule has 0 bridgehead atoms. The molecule has 142 valence electrons. The van der Waals surface area contributed by atoms with Crippen molar-refractivity contribution in [1.29, 1.82) is 0 Å². The van der Waals surface area contributed by atoms with Gasteiger partial charge < -0.3 is 33.6 Å². The van der Waals surface area contributed by atoms with E-state index in [1.165, 1.54) is 34.5 Å². The number of aromatic hydroxyl groups is 2. The number of phenols is 2. The summed E-state index contributed by atoms with van der Waals surface area (Å²) in [4.78, 5) is 12.6. The normalized spacial score (nSPS) is 10.7. The number of fused-ring (bicyclic) bond motifs is 1. The van der Waals surface area contributed by atoms with E-state index in [0.717, 1.165) is 0 Å². The number of ether oxygens (including phenoxy) is 4. The summed E-state index contributed by atoms with van der Waals surface area (Å²) < 4.78 is 26.6. The standard InChI is InChI=1S/C19H18O8/c1-23-11-6-5-9(7-13(11)24-2)12-8-10(20)14-15(21)16(22)18(25-3)19(26-4)17(14)27-12/h5-8,21-22H,1-4H3. The van der Waals surface area contributed by atoms with Crippen LogP contribution >= 0.6 is 0 Å². The Balaban J connectivity index is 2.35. The van der Waals surface area contributed by atoms with Crippen molar-refractivity contribution in [1.82, 2.24) is 0 Å². The monoisotopic (exact) mass is 374 g/mol. The number of rotatable bonds is 5. The molecule has 0 aliphatic heterocycles. The molecule has 2 N–H and O–H groups in total. The van der Waals surface area contributed by atoms with Gasteiger partial charge in [0.15, 0.2) is 28.3 Å². The van der Waals surface area contributed by atoms with Crippen molar-refractivity contribution in [2.75, 3.05) is 28.4 Å². The minimum absolute atomic E-state index is 0.0118. The van der Waals surface area contributed by atoms with Gasteiger partial charge in [-0.15, -0.1) is 0 Å². The second kappa shape index (κ2) is 6.99. The van der Waals surface area contributed by atoms with Crippen molar-refractivity contribution >= 4 is 11.0 Å². The molecule has 0 atom stereocenters. The maximum absolute atomic E-state index is 12.6. The quantitative estimate of drug-likeness (QED) is 0.657. The Morgan fingerprint density at radius 1 is 0.815 bits per heavy atom. The smallest absolute Gasteiger partial charge is 0.211 e. The molecule has 27 heavy (non-hydrogen) atoms. The number of methoxy groups -OCH3 is 4. The summed E-state index contributed by atoms with van der Waals surface area (Å²) in [6, 6.07) is 6.21. The van der Waals surface area contributed by atoms with Crippen molar-refractivity contribution in [3.8, 4) is 45.8 Å². The van der Waals surface area contributed by atoms with E-state index in [1.807, 2.05) is 0 Å². The van der Waals surface area contributed by atoms with Gasteiger partial charge in [-0.3, -0.25) is 4.79 Å². The second-order valence-electron chi connectivity index (χ2n) is 5.51. The van der Waals surface area contributed by atoms with Gasteiger partial charge in [-0.25, -0.2) is 0 Å². The van der Waals surface area contributed by atoms with Crippen LogP contribution in [-0.4, -0.2) is 38.7 Å². The van der Waals surface area contributed by atoms with E-state index in [2.05, 4.69) is 0 Å². The van der Waals surface area contributed by atoms with Crippen LogP contribution in [0.4, 0.5) is 0 Å². The predicted octanol–water partition coefficient (Wildman–Crippen LogP) is 2.91. The third-order valence-corrected chi connectivity index (χ3v) is 4.11. The van der Waals surface area contributed by atoms with Gasteiger partial charge in [0.2, 0.25) is 17.2 Å². The summed E-state index contributed by atoms with van der Waals surface area (Å²) in [5.74, 6) is -0.221. The number of phenolic OH excluding ortho intramolecular Hbond substituents is 2. The van der Waals surface area contributed by atoms with Gasteiger partial charge in [-0.05, 0) is 18.2 Å². The molecule has 2 aromatic carbocycles. The van der Waals surface area contributed by atoms with Crippen LogP contribution in [0.5, 0.6) is 34.5 Å². The molecule has 8 heteroatoms. The van der Waals surface area contributed by atoms with E-state index < -0.39 is 16.9 Å². The minimum atomic E-state index is -0.643. The summed E-state index contributed by atoms with van der Waals surface area (Å²) >= 11 is 0. The van der Waals surface area contributed by atoms with Gasteiger partial charge in [0.05, 0.1) is 28.4 Å². The molecule has 0 radical (unpaired) electrons. The molecule has 0 aliphatic rings. The first-order valence-electron chi connectivity index (χ1n) is 7.82. The summed E-state index contributed by atoms with van der Waals surface area (Å²) in [7, 11) is 5.63. The summed E-state index contributed by atoms with van der Waals surface area (Å²) in [6.07, 6.45) is 0. The average Bonchev–Trinajstić information content (AvgIpc) is 2.69. The SMILES string of the molecule is COc1ccc(-c2cc(=O)c3c(O)c(O)c(OC)c(OC)c3o2)cc1OC. The van der Waals surface area contributed by atoms with E-state index in [4.69, 9.17) is 23.4 Å². The summed E-state index contributed by atoms with van der Waals surface area (Å²) in [6.45, 7) is 0. The number of hydrogen-bond acceptors (Lipinski definition) is 8. The van der Waals surface area contributed by atoms with Crippen LogP contribution in [0.15, 0.2) is 33.5 Å². The molecule has 3 aromatic rings. The van der Waals surface area contributed by atoms with Crippen molar-refractivity contribution < 1.29 is 33.6 Å². The molecule has 0 amide bonds. The fraction of sp³-hybridized carbons (Fsp3) is 0.211. The Bertz CT molecular complexity index is 1070. The summed E-state index contributed by atoms with van der Waals surface area (Å²) in [5, 5.41) is 20.1. The Kier molecular flexibility index (Phi) is 4.72. The third-order valence-electron chi connectivity index (χ3n) is 4.11. The average molecular weight is 374 g/mol. The highest BCUT2D eigenvalue weighted by Crippen LogP contribution is 2.49. The molecule has 0 fully saturated rings. The van der Waals surface area contributed by atoms with E-state index in [0.29, 0.717) is 17.1 Å². The molecule has 1 heterocycles. The van der Waals surface area contributed by atoms with E-state index >= 15 is 0 Å². The van der Waals surface area contributed by atoms with Crippen LogP contribution in [-0.2, 0) is 0 Å². The van der Waals surface area contributed by atoms with Crippen LogP contribution in [0.1, 0.15) is 0 Å². The van der Waals surface area contributed by atoms with E-state index in [1.54, 1.807) is 18.2 Å². The molecule has 8 nitrogen and oxygen atoms in total. The lowest BCUT2D eigenvalue weighted by atomic mass is 10.1. The Labute approximate surface area is 154 Å². The van der Waals surface area contributed by atoms with Gasteiger partial charge in [-0.2, -0.15) is 0 Å². The van der Waals surface area contributed by atoms with Crippen molar-refractivity contribution in [2.24, 2.45) is 0 Å². The second-order valence-corrected chi connectivity index (χ2v) is 5.51. The molecule has 0 aliphatic carbocycles. The molecule has 0 spiro atoms. The zero-order valence-corrected chi connectivity index (χ0v) is 15.2. The molecular weight excluding hydrogens is 356 g/mol. The lowest BCUT2D eigenvalue weighted by molar-refractivity contribution is 0.321. The molecule has 0 saturated heterocycles. The maximum atomic E-state index is 12.6. The first-order valence-corrected chi connectivity index (χ1v) is 7.82. The van der Waals surface area contributed by atoms with Crippen LogP contribution in [0, 0.1) is 0 Å². The zero-order chi connectivity index (χ0) is 19.7. The van der Waals surface area contributed by atoms with Gasteiger partial charge in [0, 0.05) is 11.6 Å². The van der Waals surface area contributed by atoms with Crippen LogP contribution in [0.3, 0.4) is 0 Å². The summed E-state index contributed by atoms with van der Waals surface area (Å²) in [5.41, 5.74) is -0.0723. The van der Waals surface area contributed by atoms with Crippen LogP contribution < -0.4 is 24.4 Å². The van der Waals surface area contributed by atoms with Gasteiger partial charge in [0.1, 0.15) is 11.1 Å². The highest BCUT2D eigenvalue weighted by Gasteiger charge is 2.25. The minimum Gasteiger partial charge on any atom is -0.504 e. The molecule has 3 rings (SSSR count). The lowest BCUT2D eigenvalue weighted by Gasteiger charge is -2.14. The first-order chi connectivity index (χ1) is 13.0. The largest absolute Gasteiger partial charge is 0.504 e. The van der Waals surface area contributed by atoms with Crippen molar-refractivity contribution in [3.05, 3.63) is 34.5 Å². The third kappa shape index (κ3) is 2.84. The van der Waals surface area contributed by atoms with Crippen molar-refractivity contribution in [2.45, 2.75) is 0 Å². The predicted molar refractivity (Wildman–Crippen MR) is 97.5 cm³/mol. The van der Waals surface area contributed by atoms with E-state index in [-0.39, 0.29) is 28.2 Å². The fourth-order valence-electron chi connectivity index (χ4n) is 2.82.